The average molecular weight is 477 g/mol. The Morgan fingerprint density at radius 3 is 2.31 bits per heavy atom. The van der Waals surface area contributed by atoms with Crippen LogP contribution in [0.4, 0.5) is 0 Å². The van der Waals surface area contributed by atoms with Crippen LogP contribution in [0.2, 0.25) is 0 Å². The number of ether oxygens (including phenoxy) is 1. The summed E-state index contributed by atoms with van der Waals surface area (Å²) in [6, 6.07) is 4.10. The number of rotatable bonds is 1. The molecule has 0 radical (unpaired) electrons. The highest BCUT2D eigenvalue weighted by Crippen LogP contribution is 2.68. The van der Waals surface area contributed by atoms with Gasteiger partial charge in [-0.2, -0.15) is 0 Å². The molecule has 2 unspecified atom stereocenters. The summed E-state index contributed by atoms with van der Waals surface area (Å²) in [5.41, 5.74) is 1.35. The van der Waals surface area contributed by atoms with Crippen molar-refractivity contribution in [3.05, 3.63) is 39.5 Å². The number of fused-ring (bicyclic) bond motifs is 7. The second kappa shape index (κ2) is 7.18. The highest BCUT2D eigenvalue weighted by atomic mass is 16.5. The summed E-state index contributed by atoms with van der Waals surface area (Å²) in [5, 5.41) is 11.8. The van der Waals surface area contributed by atoms with Crippen LogP contribution in [0.15, 0.2) is 17.9 Å². The fourth-order valence-electron chi connectivity index (χ4n) is 8.14. The van der Waals surface area contributed by atoms with E-state index in [-0.39, 0.29) is 28.8 Å². The van der Waals surface area contributed by atoms with Crippen molar-refractivity contribution in [2.24, 2.45) is 22.2 Å². The zero-order chi connectivity index (χ0) is 25.7. The van der Waals surface area contributed by atoms with Crippen molar-refractivity contribution in [3.63, 3.8) is 0 Å². The fraction of sp³-hybridized carbons (Fsp3) is 0.567. The fourth-order valence-corrected chi connectivity index (χ4v) is 8.14. The summed E-state index contributed by atoms with van der Waals surface area (Å²) in [7, 11) is 1.45. The van der Waals surface area contributed by atoms with Crippen LogP contribution in [0.3, 0.4) is 0 Å². The monoisotopic (exact) mass is 476 g/mol. The van der Waals surface area contributed by atoms with Gasteiger partial charge in [-0.25, -0.2) is 0 Å². The topological polar surface area (TPSA) is 80.7 Å². The molecule has 2 fully saturated rings. The molecule has 0 bridgehead atoms. The van der Waals surface area contributed by atoms with E-state index in [1.807, 2.05) is 19.9 Å². The Bertz CT molecular complexity index is 1370. The minimum absolute atomic E-state index is 0.0227. The van der Waals surface area contributed by atoms with Crippen LogP contribution in [-0.4, -0.2) is 29.8 Å². The van der Waals surface area contributed by atoms with Gasteiger partial charge in [-0.15, -0.1) is 0 Å². The first-order valence-corrected chi connectivity index (χ1v) is 12.7. The van der Waals surface area contributed by atoms with Crippen molar-refractivity contribution < 1.29 is 24.2 Å². The highest BCUT2D eigenvalue weighted by molar-refractivity contribution is 6.22. The van der Waals surface area contributed by atoms with E-state index in [0.29, 0.717) is 17.6 Å². The summed E-state index contributed by atoms with van der Waals surface area (Å²) in [6.07, 6.45) is 5.62. The van der Waals surface area contributed by atoms with Crippen LogP contribution in [0, 0.1) is 22.2 Å². The molecule has 0 saturated heterocycles. The zero-order valence-corrected chi connectivity index (χ0v) is 21.9. The Hall–Kier alpha value is -2.69. The molecule has 5 rings (SSSR count). The molecule has 1 N–H and O–H groups in total. The van der Waals surface area contributed by atoms with Crippen LogP contribution in [0.1, 0.15) is 84.8 Å². The van der Waals surface area contributed by atoms with E-state index < -0.39 is 22.0 Å². The van der Waals surface area contributed by atoms with Gasteiger partial charge in [-0.3, -0.25) is 14.4 Å². The first kappa shape index (κ1) is 24.0. The van der Waals surface area contributed by atoms with Crippen molar-refractivity contribution in [2.45, 2.75) is 79.1 Å². The van der Waals surface area contributed by atoms with Gasteiger partial charge in [-0.1, -0.05) is 32.9 Å². The van der Waals surface area contributed by atoms with Crippen LogP contribution in [-0.2, 0) is 24.5 Å². The lowest BCUT2D eigenvalue weighted by Crippen LogP contribution is -2.66. The molecule has 1 aromatic rings. The van der Waals surface area contributed by atoms with Gasteiger partial charge in [0.25, 0.3) is 0 Å². The molecule has 5 nitrogen and oxygen atoms in total. The molecule has 2 saturated carbocycles. The van der Waals surface area contributed by atoms with Gasteiger partial charge < -0.3 is 9.84 Å². The maximum atomic E-state index is 14.5. The van der Waals surface area contributed by atoms with Crippen molar-refractivity contribution in [1.82, 2.24) is 0 Å². The highest BCUT2D eigenvalue weighted by Gasteiger charge is 2.67. The number of hydrogen-bond donors (Lipinski definition) is 1. The Balaban J connectivity index is 1.78. The Morgan fingerprint density at radius 1 is 1.00 bits per heavy atom. The van der Waals surface area contributed by atoms with E-state index in [2.05, 4.69) is 26.8 Å². The lowest BCUT2D eigenvalue weighted by atomic mass is 9.37. The molecular weight excluding hydrogens is 440 g/mol. The maximum absolute atomic E-state index is 14.5. The van der Waals surface area contributed by atoms with Crippen molar-refractivity contribution in [3.8, 4) is 0 Å². The van der Waals surface area contributed by atoms with Crippen LogP contribution < -0.4 is 10.4 Å². The van der Waals surface area contributed by atoms with Crippen molar-refractivity contribution in [2.75, 3.05) is 7.11 Å². The van der Waals surface area contributed by atoms with Gasteiger partial charge in [0.15, 0.2) is 11.5 Å². The lowest BCUT2D eigenvalue weighted by Gasteiger charge is -2.65. The minimum atomic E-state index is -0.688. The lowest BCUT2D eigenvalue weighted by molar-refractivity contribution is -0.172. The molecule has 5 atom stereocenters. The number of aliphatic hydroxyl groups excluding tert-OH is 1. The van der Waals surface area contributed by atoms with Gasteiger partial charge in [-0.05, 0) is 91.8 Å². The normalized spacial score (nSPS) is 38.1. The first-order chi connectivity index (χ1) is 16.2. The third-order valence-corrected chi connectivity index (χ3v) is 10.8. The van der Waals surface area contributed by atoms with Gasteiger partial charge >= 0.3 is 5.97 Å². The van der Waals surface area contributed by atoms with E-state index in [1.54, 1.807) is 6.92 Å². The molecule has 1 aromatic carbocycles. The largest absolute Gasteiger partial charge is 0.504 e. The molecule has 0 amide bonds. The number of aliphatic hydroxyl groups is 1. The number of carbonyl (C=O) groups is 3. The minimum Gasteiger partial charge on any atom is -0.504 e. The Kier molecular flexibility index (Phi) is 4.93. The smallest absolute Gasteiger partial charge is 0.311 e. The summed E-state index contributed by atoms with van der Waals surface area (Å²) in [5.74, 6) is -0.702. The number of carbonyl (C=O) groups excluding carboxylic acids is 3. The van der Waals surface area contributed by atoms with Crippen LogP contribution in [0.5, 0.6) is 0 Å². The summed E-state index contributed by atoms with van der Waals surface area (Å²) >= 11 is 0. The second-order valence-electron chi connectivity index (χ2n) is 12.4. The van der Waals surface area contributed by atoms with Crippen LogP contribution >= 0.6 is 0 Å². The SMILES string of the molecule is COC(=O)[C@]1(C)CC[C@]2(C)CCC3(C)c4ccc5c(c4=C(C)C(=O)[C@@]3(C)C2C1)=CC(=O)C(O)=C5C. The Labute approximate surface area is 206 Å². The van der Waals surface area contributed by atoms with Gasteiger partial charge in [0.1, 0.15) is 0 Å². The Morgan fingerprint density at radius 2 is 1.66 bits per heavy atom. The van der Waals surface area contributed by atoms with Gasteiger partial charge in [0.05, 0.1) is 12.5 Å². The number of ketones is 2. The van der Waals surface area contributed by atoms with Crippen molar-refractivity contribution >= 4 is 34.8 Å². The van der Waals surface area contributed by atoms with Gasteiger partial charge in [0, 0.05) is 22.0 Å². The summed E-state index contributed by atoms with van der Waals surface area (Å²) in [4.78, 5) is 39.9. The predicted molar refractivity (Wildman–Crippen MR) is 135 cm³/mol. The predicted octanol–water partition coefficient (Wildman–Crippen LogP) is 4.14. The van der Waals surface area contributed by atoms with E-state index in [1.165, 1.54) is 13.2 Å². The molecule has 4 aliphatic carbocycles. The van der Waals surface area contributed by atoms with Crippen LogP contribution in [0.25, 0.3) is 17.2 Å². The number of allylic oxidation sites excluding steroid dienone is 2. The number of hydrogen-bond acceptors (Lipinski definition) is 5. The van der Waals surface area contributed by atoms with E-state index in [0.717, 1.165) is 47.2 Å². The number of benzene rings is 1. The molecular formula is C30H36O5. The summed E-state index contributed by atoms with van der Waals surface area (Å²) < 4.78 is 5.20. The zero-order valence-electron chi connectivity index (χ0n) is 21.9. The average Bonchev–Trinajstić information content (AvgIpc) is 2.83. The van der Waals surface area contributed by atoms with Crippen molar-refractivity contribution in [1.29, 1.82) is 0 Å². The summed E-state index contributed by atoms with van der Waals surface area (Å²) in [6.45, 7) is 12.2. The molecule has 35 heavy (non-hydrogen) atoms. The number of esters is 1. The van der Waals surface area contributed by atoms with E-state index >= 15 is 0 Å². The molecule has 5 heteroatoms. The standard InChI is InChI=1S/C30H36O5/c1-16-18-8-9-20-23(19(18)14-21(31)24(16)32)17(2)25(33)30(6)22-15-28(4,26(34)35-7)11-10-27(22,3)12-13-29(20,30)5/h8-9,14,22,32H,10-13,15H2,1-7H3/t22?,27-,28-,29?,30-/m1/s1. The maximum Gasteiger partial charge on any atom is 0.311 e. The van der Waals surface area contributed by atoms with E-state index in [4.69, 9.17) is 4.74 Å². The quantitative estimate of drug-likeness (QED) is 0.617. The molecule has 0 aromatic heterocycles. The number of Topliss-reactive ketones (excluding diaryl/α,β-unsaturated/α-hetero) is 2. The molecule has 0 heterocycles. The first-order valence-electron chi connectivity index (χ1n) is 12.7. The molecule has 0 aliphatic heterocycles. The molecule has 186 valence electrons. The molecule has 4 aliphatic rings. The second-order valence-corrected chi connectivity index (χ2v) is 12.4. The third kappa shape index (κ3) is 2.78. The van der Waals surface area contributed by atoms with E-state index in [9.17, 15) is 19.5 Å². The molecule has 0 spiro atoms. The van der Waals surface area contributed by atoms with Gasteiger partial charge in [0.2, 0.25) is 5.78 Å². The number of methoxy groups -OCH3 is 1. The third-order valence-electron chi connectivity index (χ3n) is 10.8.